The Morgan fingerprint density at radius 2 is 0.906 bits per heavy atom. The first kappa shape index (κ1) is 30.9. The van der Waals surface area contributed by atoms with E-state index in [2.05, 4.69) is 139 Å². The smallest absolute Gasteiger partial charge is 0.164 e. The van der Waals surface area contributed by atoms with Crippen LogP contribution in [0.3, 0.4) is 0 Å². The fourth-order valence-corrected chi connectivity index (χ4v) is 7.96. The second-order valence-corrected chi connectivity index (χ2v) is 14.2. The maximum absolute atomic E-state index is 5.03. The monoisotopic (exact) mass is 679 g/mol. The molecule has 1 aliphatic rings. The normalized spacial score (nSPS) is 12.9. The zero-order chi connectivity index (χ0) is 35.5. The third kappa shape index (κ3) is 5.28. The summed E-state index contributed by atoms with van der Waals surface area (Å²) in [4.78, 5) is 24.1. The number of hydrogen-bond donors (Lipinski definition) is 0. The van der Waals surface area contributed by atoms with E-state index >= 15 is 0 Å². The van der Waals surface area contributed by atoms with Gasteiger partial charge in [-0.2, -0.15) is 0 Å². The summed E-state index contributed by atoms with van der Waals surface area (Å²) in [5.41, 5.74) is 14.7. The van der Waals surface area contributed by atoms with Crippen LogP contribution in [-0.2, 0) is 5.41 Å². The van der Waals surface area contributed by atoms with Gasteiger partial charge in [0.05, 0.1) is 11.0 Å². The first-order valence-electron chi connectivity index (χ1n) is 17.9. The molecule has 9 aromatic rings. The molecule has 53 heavy (non-hydrogen) atoms. The lowest BCUT2D eigenvalue weighted by molar-refractivity contribution is 0.662. The van der Waals surface area contributed by atoms with Crippen molar-refractivity contribution in [2.75, 3.05) is 0 Å². The van der Waals surface area contributed by atoms with Crippen molar-refractivity contribution < 1.29 is 0 Å². The van der Waals surface area contributed by atoms with Crippen LogP contribution in [0.2, 0.25) is 0 Å². The van der Waals surface area contributed by atoms with Crippen LogP contribution in [0.15, 0.2) is 164 Å². The number of benzene rings is 6. The van der Waals surface area contributed by atoms with E-state index in [0.717, 1.165) is 49.6 Å². The Hall–Kier alpha value is -6.85. The van der Waals surface area contributed by atoms with E-state index in [1.165, 1.54) is 33.4 Å². The highest BCUT2D eigenvalue weighted by Crippen LogP contribution is 2.52. The van der Waals surface area contributed by atoms with E-state index in [4.69, 9.17) is 15.0 Å². The summed E-state index contributed by atoms with van der Waals surface area (Å²) in [6.07, 6.45) is 3.62. The van der Waals surface area contributed by atoms with Crippen molar-refractivity contribution in [2.24, 2.45) is 0 Å². The van der Waals surface area contributed by atoms with Gasteiger partial charge in [0, 0.05) is 45.3 Å². The van der Waals surface area contributed by atoms with E-state index in [9.17, 15) is 0 Å². The van der Waals surface area contributed by atoms with E-state index in [1.807, 2.05) is 48.8 Å². The molecule has 250 valence electrons. The Labute approximate surface area is 307 Å². The zero-order valence-electron chi connectivity index (χ0n) is 29.3. The number of nitrogens with zero attached hydrogens (tertiary/aromatic N) is 5. The molecule has 6 aromatic carbocycles. The summed E-state index contributed by atoms with van der Waals surface area (Å²) >= 11 is 0. The van der Waals surface area contributed by atoms with Crippen LogP contribution < -0.4 is 0 Å². The van der Waals surface area contributed by atoms with E-state index < -0.39 is 0 Å². The maximum Gasteiger partial charge on any atom is 0.164 e. The number of fused-ring (bicyclic) bond motifs is 5. The van der Waals surface area contributed by atoms with Gasteiger partial charge in [-0.1, -0.05) is 111 Å². The fraction of sp³-hybridized carbons (Fsp3) is 0.0625. The van der Waals surface area contributed by atoms with Crippen molar-refractivity contribution in [3.8, 4) is 67.5 Å². The maximum atomic E-state index is 5.03. The van der Waals surface area contributed by atoms with Crippen LogP contribution >= 0.6 is 0 Å². The van der Waals surface area contributed by atoms with Gasteiger partial charge in [-0.05, 0) is 99.1 Å². The first-order chi connectivity index (χ1) is 26.0. The highest BCUT2D eigenvalue weighted by atomic mass is 15.0. The third-order valence-corrected chi connectivity index (χ3v) is 10.6. The summed E-state index contributed by atoms with van der Waals surface area (Å²) in [6, 6.07) is 53.3. The molecular formula is C48H33N5. The van der Waals surface area contributed by atoms with Gasteiger partial charge in [-0.25, -0.2) is 15.0 Å². The molecule has 10 rings (SSSR count). The quantitative estimate of drug-likeness (QED) is 0.181. The van der Waals surface area contributed by atoms with Crippen LogP contribution in [-0.4, -0.2) is 24.9 Å². The van der Waals surface area contributed by atoms with Crippen LogP contribution in [0, 0.1) is 0 Å². The Kier molecular flexibility index (Phi) is 7.08. The first-order valence-corrected chi connectivity index (χ1v) is 17.9. The van der Waals surface area contributed by atoms with Gasteiger partial charge in [0.15, 0.2) is 17.5 Å². The van der Waals surface area contributed by atoms with E-state index in [1.54, 1.807) is 0 Å². The molecule has 5 nitrogen and oxygen atoms in total. The number of hydrogen-bond acceptors (Lipinski definition) is 5. The average molecular weight is 680 g/mol. The van der Waals surface area contributed by atoms with Crippen LogP contribution in [0.4, 0.5) is 0 Å². The molecule has 3 aromatic heterocycles. The third-order valence-electron chi connectivity index (χ3n) is 10.6. The van der Waals surface area contributed by atoms with Crippen LogP contribution in [0.1, 0.15) is 25.0 Å². The minimum Gasteiger partial charge on any atom is -0.256 e. The zero-order valence-corrected chi connectivity index (χ0v) is 29.3. The average Bonchev–Trinajstić information content (AvgIpc) is 3.46. The lowest BCUT2D eigenvalue weighted by atomic mass is 9.78. The molecular weight excluding hydrogens is 647 g/mol. The molecule has 0 amide bonds. The van der Waals surface area contributed by atoms with Crippen molar-refractivity contribution in [3.05, 3.63) is 175 Å². The molecule has 0 radical (unpaired) electrons. The summed E-state index contributed by atoms with van der Waals surface area (Å²) in [7, 11) is 0. The summed E-state index contributed by atoms with van der Waals surface area (Å²) in [6.45, 7) is 4.69. The minimum atomic E-state index is -0.0874. The van der Waals surface area contributed by atoms with Gasteiger partial charge in [0.25, 0.3) is 0 Å². The molecule has 5 heteroatoms. The molecule has 0 aliphatic heterocycles. The molecule has 3 heterocycles. The molecule has 0 N–H and O–H groups in total. The number of aromatic nitrogens is 5. The van der Waals surface area contributed by atoms with Gasteiger partial charge in [0.2, 0.25) is 0 Å². The fourth-order valence-electron chi connectivity index (χ4n) is 7.96. The molecule has 0 saturated heterocycles. The van der Waals surface area contributed by atoms with E-state index in [0.29, 0.717) is 17.5 Å². The van der Waals surface area contributed by atoms with Crippen molar-refractivity contribution in [3.63, 3.8) is 0 Å². The SMILES string of the molecule is CC1(C)c2ccccc2-c2cccc(-c3cccc(-c4ccc(-c5nc(-c6ccc7ncccc7c6)nc(-c6ccc7ncccc7c6)n5)cc4)c3)c21. The standard InChI is InChI=1S/C48H33N5/c1-48(2)41-16-4-3-13-39(41)40-15-6-14-38(44(40)48)33-10-5-9-32(27-33)30-17-19-31(20-18-30)45-51-46(36-21-23-42-34(28-36)11-7-25-49-42)53-47(52-45)37-22-24-43-35(29-37)12-8-26-50-43/h3-29H,1-2H3. The van der Waals surface area contributed by atoms with Crippen LogP contribution in [0.25, 0.3) is 89.4 Å². The highest BCUT2D eigenvalue weighted by Gasteiger charge is 2.37. The van der Waals surface area contributed by atoms with Gasteiger partial charge < -0.3 is 0 Å². The Bertz CT molecular complexity index is 2780. The van der Waals surface area contributed by atoms with Crippen molar-refractivity contribution >= 4 is 21.8 Å². The van der Waals surface area contributed by atoms with Crippen molar-refractivity contribution in [1.82, 2.24) is 24.9 Å². The second kappa shape index (κ2) is 12.1. The van der Waals surface area contributed by atoms with Crippen LogP contribution in [0.5, 0.6) is 0 Å². The topological polar surface area (TPSA) is 64.5 Å². The van der Waals surface area contributed by atoms with Gasteiger partial charge in [0.1, 0.15) is 0 Å². The minimum absolute atomic E-state index is 0.0874. The predicted molar refractivity (Wildman–Crippen MR) is 215 cm³/mol. The van der Waals surface area contributed by atoms with Crippen molar-refractivity contribution in [1.29, 1.82) is 0 Å². The predicted octanol–water partition coefficient (Wildman–Crippen LogP) is 11.6. The van der Waals surface area contributed by atoms with E-state index in [-0.39, 0.29) is 5.41 Å². The number of pyridine rings is 2. The molecule has 1 aliphatic carbocycles. The molecule has 0 saturated carbocycles. The molecule has 0 bridgehead atoms. The molecule has 0 atom stereocenters. The lowest BCUT2D eigenvalue weighted by Crippen LogP contribution is -2.16. The molecule has 0 unspecified atom stereocenters. The summed E-state index contributed by atoms with van der Waals surface area (Å²) in [5.74, 6) is 1.84. The second-order valence-electron chi connectivity index (χ2n) is 14.2. The van der Waals surface area contributed by atoms with Gasteiger partial charge >= 0.3 is 0 Å². The summed E-state index contributed by atoms with van der Waals surface area (Å²) in [5, 5.41) is 2.07. The Morgan fingerprint density at radius 1 is 0.377 bits per heavy atom. The Balaban J connectivity index is 1.04. The Morgan fingerprint density at radius 3 is 1.58 bits per heavy atom. The van der Waals surface area contributed by atoms with Crippen molar-refractivity contribution in [2.45, 2.75) is 19.3 Å². The summed E-state index contributed by atoms with van der Waals surface area (Å²) < 4.78 is 0. The number of rotatable bonds is 5. The molecule has 0 fully saturated rings. The lowest BCUT2D eigenvalue weighted by Gasteiger charge is -2.24. The van der Waals surface area contributed by atoms with Gasteiger partial charge in [-0.3, -0.25) is 9.97 Å². The largest absolute Gasteiger partial charge is 0.256 e. The molecule has 0 spiro atoms. The van der Waals surface area contributed by atoms with Gasteiger partial charge in [-0.15, -0.1) is 0 Å². The highest BCUT2D eigenvalue weighted by molar-refractivity contribution is 5.89.